The fourth-order valence-electron chi connectivity index (χ4n) is 2.39. The molecule has 0 bridgehead atoms. The lowest BCUT2D eigenvalue weighted by Crippen LogP contribution is -2.35. The molecule has 1 heterocycles. The van der Waals surface area contributed by atoms with Crippen LogP contribution < -0.4 is 10.5 Å². The van der Waals surface area contributed by atoms with Crippen LogP contribution in [-0.2, 0) is 4.79 Å². The average molecular weight is 292 g/mol. The molecule has 6 nitrogen and oxygen atoms in total. The number of carbonyl (C=O) groups is 2. The van der Waals surface area contributed by atoms with Gasteiger partial charge in [-0.1, -0.05) is 12.8 Å². The van der Waals surface area contributed by atoms with Crippen molar-refractivity contribution in [3.05, 3.63) is 23.8 Å². The van der Waals surface area contributed by atoms with E-state index in [0.717, 1.165) is 38.8 Å². The van der Waals surface area contributed by atoms with Crippen molar-refractivity contribution in [2.75, 3.05) is 25.4 Å². The molecule has 0 unspecified atom stereocenters. The largest absolute Gasteiger partial charge is 0.483 e. The van der Waals surface area contributed by atoms with E-state index in [0.29, 0.717) is 5.69 Å². The number of benzene rings is 1. The van der Waals surface area contributed by atoms with Crippen LogP contribution in [0.15, 0.2) is 18.2 Å². The third-order valence-corrected chi connectivity index (χ3v) is 3.55. The van der Waals surface area contributed by atoms with Gasteiger partial charge < -0.3 is 20.5 Å². The maximum Gasteiger partial charge on any atom is 0.339 e. The number of carbonyl (C=O) groups excluding carboxylic acids is 1. The molecule has 1 fully saturated rings. The molecule has 1 aromatic carbocycles. The number of nitrogens with zero attached hydrogens (tertiary/aromatic N) is 1. The zero-order valence-electron chi connectivity index (χ0n) is 11.9. The van der Waals surface area contributed by atoms with Gasteiger partial charge in [-0.15, -0.1) is 0 Å². The summed E-state index contributed by atoms with van der Waals surface area (Å²) in [6, 6.07) is 4.30. The van der Waals surface area contributed by atoms with E-state index in [2.05, 4.69) is 0 Å². The third-order valence-electron chi connectivity index (χ3n) is 3.55. The highest BCUT2D eigenvalue weighted by Gasteiger charge is 2.18. The summed E-state index contributed by atoms with van der Waals surface area (Å²) in [6.07, 6.45) is 4.29. The summed E-state index contributed by atoms with van der Waals surface area (Å²) in [5, 5.41) is 9.09. The van der Waals surface area contributed by atoms with E-state index in [-0.39, 0.29) is 23.8 Å². The van der Waals surface area contributed by atoms with Gasteiger partial charge in [-0.3, -0.25) is 4.79 Å². The van der Waals surface area contributed by atoms with E-state index < -0.39 is 5.97 Å². The van der Waals surface area contributed by atoms with Gasteiger partial charge >= 0.3 is 5.97 Å². The highest BCUT2D eigenvalue weighted by molar-refractivity contribution is 5.91. The van der Waals surface area contributed by atoms with Crippen molar-refractivity contribution in [3.63, 3.8) is 0 Å². The lowest BCUT2D eigenvalue weighted by atomic mass is 10.2. The third kappa shape index (κ3) is 4.11. The van der Waals surface area contributed by atoms with Crippen LogP contribution in [-0.4, -0.2) is 41.6 Å². The number of anilines is 1. The zero-order chi connectivity index (χ0) is 15.2. The summed E-state index contributed by atoms with van der Waals surface area (Å²) in [7, 11) is 0. The first-order chi connectivity index (χ1) is 10.1. The summed E-state index contributed by atoms with van der Waals surface area (Å²) in [5.41, 5.74) is 6.04. The molecule has 1 saturated heterocycles. The van der Waals surface area contributed by atoms with Gasteiger partial charge in [0.1, 0.15) is 11.3 Å². The molecule has 0 radical (unpaired) electrons. The van der Waals surface area contributed by atoms with Crippen molar-refractivity contribution < 1.29 is 19.4 Å². The minimum absolute atomic E-state index is 0.00728. The standard InChI is InChI=1S/C15H20N2O4/c16-11-5-6-12(15(19)20)13(9-11)21-10-14(18)17-7-3-1-2-4-8-17/h5-6,9H,1-4,7-8,10,16H2,(H,19,20). The Morgan fingerprint density at radius 2 is 1.86 bits per heavy atom. The van der Waals surface area contributed by atoms with Gasteiger partial charge in [-0.05, 0) is 25.0 Å². The van der Waals surface area contributed by atoms with Crippen LogP contribution in [0.2, 0.25) is 0 Å². The van der Waals surface area contributed by atoms with Crippen LogP contribution in [0.5, 0.6) is 5.75 Å². The Labute approximate surface area is 123 Å². The molecule has 114 valence electrons. The molecule has 3 N–H and O–H groups in total. The molecule has 0 spiro atoms. The van der Waals surface area contributed by atoms with Gasteiger partial charge in [0.25, 0.3) is 5.91 Å². The number of ether oxygens (including phenoxy) is 1. The summed E-state index contributed by atoms with van der Waals surface area (Å²) < 4.78 is 5.38. The number of hydrogen-bond acceptors (Lipinski definition) is 4. The van der Waals surface area contributed by atoms with Crippen LogP contribution in [0.4, 0.5) is 5.69 Å². The van der Waals surface area contributed by atoms with E-state index in [1.807, 2.05) is 0 Å². The monoisotopic (exact) mass is 292 g/mol. The number of carboxylic acids is 1. The fraction of sp³-hybridized carbons (Fsp3) is 0.467. The summed E-state index contributed by atoms with van der Waals surface area (Å²) >= 11 is 0. The smallest absolute Gasteiger partial charge is 0.339 e. The number of likely N-dealkylation sites (tertiary alicyclic amines) is 1. The molecular formula is C15H20N2O4. The molecule has 21 heavy (non-hydrogen) atoms. The molecule has 1 aliphatic rings. The molecular weight excluding hydrogens is 272 g/mol. The Balaban J connectivity index is 2.00. The Hall–Kier alpha value is -2.24. The van der Waals surface area contributed by atoms with Crippen LogP contribution in [0.25, 0.3) is 0 Å². The Kier molecular flexibility index (Phi) is 5.03. The lowest BCUT2D eigenvalue weighted by Gasteiger charge is -2.20. The summed E-state index contributed by atoms with van der Waals surface area (Å²) in [4.78, 5) is 25.0. The van der Waals surface area contributed by atoms with Crippen LogP contribution in [0.3, 0.4) is 0 Å². The molecule has 2 rings (SSSR count). The van der Waals surface area contributed by atoms with E-state index >= 15 is 0 Å². The predicted octanol–water partition coefficient (Wildman–Crippen LogP) is 1.75. The number of nitrogens with two attached hydrogens (primary N) is 1. The molecule has 0 aromatic heterocycles. The van der Waals surface area contributed by atoms with E-state index in [1.54, 1.807) is 4.90 Å². The van der Waals surface area contributed by atoms with E-state index in [9.17, 15) is 9.59 Å². The molecule has 0 atom stereocenters. The Morgan fingerprint density at radius 3 is 2.48 bits per heavy atom. The first kappa shape index (κ1) is 15.2. The molecule has 0 saturated carbocycles. The van der Waals surface area contributed by atoms with Gasteiger partial charge in [-0.25, -0.2) is 4.79 Å². The van der Waals surface area contributed by atoms with Crippen molar-refractivity contribution >= 4 is 17.6 Å². The number of aromatic carboxylic acids is 1. The Bertz CT molecular complexity index is 522. The number of nitrogen functional groups attached to an aromatic ring is 1. The quantitative estimate of drug-likeness (QED) is 0.825. The van der Waals surface area contributed by atoms with E-state index in [1.165, 1.54) is 18.2 Å². The summed E-state index contributed by atoms with van der Waals surface area (Å²) in [6.45, 7) is 1.32. The summed E-state index contributed by atoms with van der Waals surface area (Å²) in [5.74, 6) is -1.09. The molecule has 1 amide bonds. The van der Waals surface area contributed by atoms with Gasteiger partial charge in [0.05, 0.1) is 0 Å². The second kappa shape index (κ2) is 6.97. The van der Waals surface area contributed by atoms with Crippen molar-refractivity contribution in [2.24, 2.45) is 0 Å². The minimum atomic E-state index is -1.10. The first-order valence-corrected chi connectivity index (χ1v) is 7.11. The zero-order valence-corrected chi connectivity index (χ0v) is 11.9. The van der Waals surface area contributed by atoms with Crippen molar-refractivity contribution in [2.45, 2.75) is 25.7 Å². The Morgan fingerprint density at radius 1 is 1.19 bits per heavy atom. The minimum Gasteiger partial charge on any atom is -0.483 e. The van der Waals surface area contributed by atoms with Crippen molar-refractivity contribution in [1.29, 1.82) is 0 Å². The molecule has 0 aliphatic carbocycles. The number of amides is 1. The van der Waals surface area contributed by atoms with Crippen molar-refractivity contribution in [3.8, 4) is 5.75 Å². The number of carboxylic acid groups (broad SMARTS) is 1. The van der Waals surface area contributed by atoms with Crippen LogP contribution in [0.1, 0.15) is 36.0 Å². The van der Waals surface area contributed by atoms with Crippen LogP contribution in [0, 0.1) is 0 Å². The average Bonchev–Trinajstić information content (AvgIpc) is 2.73. The van der Waals surface area contributed by atoms with Gasteiger partial charge in [0, 0.05) is 24.8 Å². The number of rotatable bonds is 4. The van der Waals surface area contributed by atoms with Gasteiger partial charge in [-0.2, -0.15) is 0 Å². The van der Waals surface area contributed by atoms with E-state index in [4.69, 9.17) is 15.6 Å². The highest BCUT2D eigenvalue weighted by atomic mass is 16.5. The topological polar surface area (TPSA) is 92.9 Å². The normalized spacial score (nSPS) is 15.3. The SMILES string of the molecule is Nc1ccc(C(=O)O)c(OCC(=O)N2CCCCCC2)c1. The van der Waals surface area contributed by atoms with Crippen molar-refractivity contribution in [1.82, 2.24) is 4.90 Å². The number of hydrogen-bond donors (Lipinski definition) is 2. The second-order valence-corrected chi connectivity index (χ2v) is 5.14. The second-order valence-electron chi connectivity index (χ2n) is 5.14. The highest BCUT2D eigenvalue weighted by Crippen LogP contribution is 2.22. The maximum absolute atomic E-state index is 12.1. The molecule has 1 aromatic rings. The molecule has 6 heteroatoms. The predicted molar refractivity (Wildman–Crippen MR) is 78.4 cm³/mol. The lowest BCUT2D eigenvalue weighted by molar-refractivity contribution is -0.133. The first-order valence-electron chi connectivity index (χ1n) is 7.11. The van der Waals surface area contributed by atoms with Gasteiger partial charge in [0.15, 0.2) is 6.61 Å². The molecule has 1 aliphatic heterocycles. The van der Waals surface area contributed by atoms with Crippen LogP contribution >= 0.6 is 0 Å². The maximum atomic E-state index is 12.1. The van der Waals surface area contributed by atoms with Gasteiger partial charge in [0.2, 0.25) is 0 Å². The fourth-order valence-corrected chi connectivity index (χ4v) is 2.39.